The van der Waals surface area contributed by atoms with Gasteiger partial charge in [0.2, 0.25) is 0 Å². The molecule has 0 bridgehead atoms. The minimum Gasteiger partial charge on any atom is -0.455 e. The van der Waals surface area contributed by atoms with Gasteiger partial charge in [0.1, 0.15) is 11.2 Å². The Balaban J connectivity index is 1.34. The van der Waals surface area contributed by atoms with E-state index in [0.29, 0.717) is 0 Å². The standard InChI is InChI=1S/C36H21NOS/c1-4-15-30-24(9-1)29-21-22(23-12-7-13-27-25-10-2-5-17-33(25)38-35(23)27)19-20-31(29)37(30)32-16-8-14-28-26-11-3-6-18-34(26)39-36(28)32/h1-21H. The van der Waals surface area contributed by atoms with Crippen molar-refractivity contribution in [3.05, 3.63) is 127 Å². The van der Waals surface area contributed by atoms with Gasteiger partial charge < -0.3 is 8.98 Å². The van der Waals surface area contributed by atoms with Crippen molar-refractivity contribution in [1.29, 1.82) is 0 Å². The highest BCUT2D eigenvalue weighted by molar-refractivity contribution is 7.26. The van der Waals surface area contributed by atoms with Gasteiger partial charge in [0.15, 0.2) is 0 Å². The predicted molar refractivity (Wildman–Crippen MR) is 166 cm³/mol. The van der Waals surface area contributed by atoms with E-state index in [9.17, 15) is 0 Å². The van der Waals surface area contributed by atoms with Crippen LogP contribution in [0.3, 0.4) is 0 Å². The summed E-state index contributed by atoms with van der Waals surface area (Å²) in [6.07, 6.45) is 0. The van der Waals surface area contributed by atoms with Gasteiger partial charge in [0.25, 0.3) is 0 Å². The van der Waals surface area contributed by atoms with Gasteiger partial charge in [-0.1, -0.05) is 91.0 Å². The van der Waals surface area contributed by atoms with Crippen molar-refractivity contribution in [2.24, 2.45) is 0 Å². The number of fused-ring (bicyclic) bond motifs is 9. The number of nitrogens with zero attached hydrogens (tertiary/aromatic N) is 1. The van der Waals surface area contributed by atoms with Crippen molar-refractivity contribution >= 4 is 75.3 Å². The molecule has 0 saturated heterocycles. The molecule has 3 heterocycles. The van der Waals surface area contributed by atoms with E-state index in [1.165, 1.54) is 47.7 Å². The first-order valence-corrected chi connectivity index (χ1v) is 14.0. The average Bonchev–Trinajstić information content (AvgIpc) is 3.66. The average molecular weight is 516 g/mol. The zero-order chi connectivity index (χ0) is 25.5. The second kappa shape index (κ2) is 7.83. The minimum absolute atomic E-state index is 0.925. The lowest BCUT2D eigenvalue weighted by atomic mass is 10.0. The second-order valence-electron chi connectivity index (χ2n) is 10.1. The summed E-state index contributed by atoms with van der Waals surface area (Å²) in [4.78, 5) is 0. The van der Waals surface area contributed by atoms with Crippen molar-refractivity contribution in [2.45, 2.75) is 0 Å². The lowest BCUT2D eigenvalue weighted by Gasteiger charge is -2.10. The maximum Gasteiger partial charge on any atom is 0.143 e. The van der Waals surface area contributed by atoms with Crippen molar-refractivity contribution in [1.82, 2.24) is 4.57 Å². The number of hydrogen-bond acceptors (Lipinski definition) is 2. The largest absolute Gasteiger partial charge is 0.455 e. The molecule has 0 saturated carbocycles. The van der Waals surface area contributed by atoms with Gasteiger partial charge in [-0.3, -0.25) is 0 Å². The van der Waals surface area contributed by atoms with Crippen LogP contribution in [0.2, 0.25) is 0 Å². The van der Waals surface area contributed by atoms with Gasteiger partial charge >= 0.3 is 0 Å². The second-order valence-corrected chi connectivity index (χ2v) is 11.2. The first-order valence-electron chi connectivity index (χ1n) is 13.2. The third-order valence-electron chi connectivity index (χ3n) is 8.01. The number of furan rings is 1. The topological polar surface area (TPSA) is 18.1 Å². The van der Waals surface area contributed by atoms with Gasteiger partial charge in [-0.05, 0) is 42.0 Å². The Hall–Kier alpha value is -4.86. The first kappa shape index (κ1) is 21.1. The van der Waals surface area contributed by atoms with E-state index in [2.05, 4.69) is 120 Å². The molecule has 0 aliphatic carbocycles. The number of para-hydroxylation sites is 3. The summed E-state index contributed by atoms with van der Waals surface area (Å²) in [5, 5.41) is 7.44. The van der Waals surface area contributed by atoms with Crippen molar-refractivity contribution in [3.63, 3.8) is 0 Å². The van der Waals surface area contributed by atoms with Crippen LogP contribution in [0.5, 0.6) is 0 Å². The molecule has 0 spiro atoms. The quantitative estimate of drug-likeness (QED) is 0.224. The molecular formula is C36H21NOS. The monoisotopic (exact) mass is 515 g/mol. The van der Waals surface area contributed by atoms with E-state index >= 15 is 0 Å². The summed E-state index contributed by atoms with van der Waals surface area (Å²) in [5.41, 5.74) is 7.81. The van der Waals surface area contributed by atoms with E-state index in [-0.39, 0.29) is 0 Å². The number of hydrogen-bond donors (Lipinski definition) is 0. The van der Waals surface area contributed by atoms with Crippen LogP contribution in [0.1, 0.15) is 0 Å². The highest BCUT2D eigenvalue weighted by Gasteiger charge is 2.18. The fraction of sp³-hybridized carbons (Fsp3) is 0. The summed E-state index contributed by atoms with van der Waals surface area (Å²) in [5.74, 6) is 0. The van der Waals surface area contributed by atoms with Crippen LogP contribution in [0.4, 0.5) is 0 Å². The summed E-state index contributed by atoms with van der Waals surface area (Å²) in [7, 11) is 0. The molecule has 0 fully saturated rings. The SMILES string of the molecule is c1ccc2c(c1)oc1c(-c3ccc4c(c3)c3ccccc3n4-c3cccc4c3sc3ccccc34)cccc12. The normalized spacial score (nSPS) is 12.1. The maximum absolute atomic E-state index is 6.39. The summed E-state index contributed by atoms with van der Waals surface area (Å²) < 4.78 is 11.5. The molecule has 0 radical (unpaired) electrons. The number of benzene rings is 6. The molecule has 0 atom stereocenters. The molecule has 9 rings (SSSR count). The summed E-state index contributed by atoms with van der Waals surface area (Å²) in [6.45, 7) is 0. The van der Waals surface area contributed by atoms with Gasteiger partial charge in [0.05, 0.1) is 21.4 Å². The molecule has 0 aliphatic rings. The Morgan fingerprint density at radius 2 is 1.23 bits per heavy atom. The van der Waals surface area contributed by atoms with Crippen LogP contribution in [0, 0.1) is 0 Å². The Labute approximate surface area is 227 Å². The zero-order valence-corrected chi connectivity index (χ0v) is 21.7. The fourth-order valence-electron chi connectivity index (χ4n) is 6.28. The van der Waals surface area contributed by atoms with Crippen LogP contribution in [0.15, 0.2) is 132 Å². The molecule has 39 heavy (non-hydrogen) atoms. The smallest absolute Gasteiger partial charge is 0.143 e. The van der Waals surface area contributed by atoms with E-state index in [1.807, 2.05) is 23.5 Å². The van der Waals surface area contributed by atoms with Crippen LogP contribution in [-0.2, 0) is 0 Å². The van der Waals surface area contributed by atoms with Crippen LogP contribution < -0.4 is 0 Å². The Kier molecular flexibility index (Phi) is 4.24. The van der Waals surface area contributed by atoms with Crippen LogP contribution in [0.25, 0.3) is 80.7 Å². The lowest BCUT2D eigenvalue weighted by molar-refractivity contribution is 0.670. The molecule has 0 aliphatic heterocycles. The number of aromatic nitrogens is 1. The third-order valence-corrected chi connectivity index (χ3v) is 9.22. The molecule has 6 aromatic carbocycles. The zero-order valence-electron chi connectivity index (χ0n) is 20.9. The fourth-order valence-corrected chi connectivity index (χ4v) is 7.49. The molecule has 0 amide bonds. The lowest BCUT2D eigenvalue weighted by Crippen LogP contribution is -1.93. The van der Waals surface area contributed by atoms with Crippen LogP contribution in [-0.4, -0.2) is 4.57 Å². The summed E-state index contributed by atoms with van der Waals surface area (Å²) in [6, 6.07) is 45.7. The molecular weight excluding hydrogens is 494 g/mol. The van der Waals surface area contributed by atoms with Gasteiger partial charge in [-0.15, -0.1) is 11.3 Å². The maximum atomic E-state index is 6.39. The Morgan fingerprint density at radius 1 is 0.513 bits per heavy atom. The third kappa shape index (κ3) is 2.91. The van der Waals surface area contributed by atoms with E-state index < -0.39 is 0 Å². The van der Waals surface area contributed by atoms with E-state index in [4.69, 9.17) is 4.42 Å². The van der Waals surface area contributed by atoms with Gasteiger partial charge in [-0.2, -0.15) is 0 Å². The number of thiophene rings is 1. The van der Waals surface area contributed by atoms with Gasteiger partial charge in [-0.25, -0.2) is 0 Å². The number of rotatable bonds is 2. The predicted octanol–water partition coefficient (Wildman–Crippen LogP) is 10.7. The Morgan fingerprint density at radius 3 is 2.18 bits per heavy atom. The highest BCUT2D eigenvalue weighted by atomic mass is 32.1. The van der Waals surface area contributed by atoms with Gasteiger partial charge in [0, 0.05) is 42.6 Å². The molecule has 182 valence electrons. The van der Waals surface area contributed by atoms with E-state index in [1.54, 1.807) is 0 Å². The molecule has 0 unspecified atom stereocenters. The molecule has 2 nitrogen and oxygen atoms in total. The first-order chi connectivity index (χ1) is 19.3. The highest BCUT2D eigenvalue weighted by Crippen LogP contribution is 2.42. The van der Waals surface area contributed by atoms with Crippen molar-refractivity contribution < 1.29 is 4.42 Å². The molecule has 0 N–H and O–H groups in total. The molecule has 3 aromatic heterocycles. The summed E-state index contributed by atoms with van der Waals surface area (Å²) >= 11 is 1.87. The Bertz CT molecular complexity index is 2400. The van der Waals surface area contributed by atoms with Crippen molar-refractivity contribution in [2.75, 3.05) is 0 Å². The van der Waals surface area contributed by atoms with Crippen molar-refractivity contribution in [3.8, 4) is 16.8 Å². The minimum atomic E-state index is 0.925. The van der Waals surface area contributed by atoms with Crippen LogP contribution >= 0.6 is 11.3 Å². The molecule has 3 heteroatoms. The van der Waals surface area contributed by atoms with E-state index in [0.717, 1.165) is 33.1 Å². The molecule has 9 aromatic rings.